The fraction of sp³-hybridized carbons (Fsp3) is 0.120. The molecule has 4 rings (SSSR count). The van der Waals surface area contributed by atoms with Gasteiger partial charge in [0.05, 0.1) is 17.2 Å². The predicted molar refractivity (Wildman–Crippen MR) is 135 cm³/mol. The molecule has 0 aliphatic rings. The SMILES string of the molecule is CCCOc1ccc(-c2csc(NC(=O)c3ccc(NS(=O)(=O)c4ccccc4)cc3)n2)cc1. The topological polar surface area (TPSA) is 97.4 Å². The number of rotatable bonds is 9. The minimum absolute atomic E-state index is 0.166. The van der Waals surface area contributed by atoms with Crippen molar-refractivity contribution in [2.45, 2.75) is 18.2 Å². The molecular weight excluding hydrogens is 470 g/mol. The highest BCUT2D eigenvalue weighted by atomic mass is 32.2. The molecule has 1 aromatic heterocycles. The number of hydrogen-bond acceptors (Lipinski definition) is 6. The van der Waals surface area contributed by atoms with Gasteiger partial charge in [0, 0.05) is 22.2 Å². The number of sulfonamides is 1. The molecule has 1 amide bonds. The van der Waals surface area contributed by atoms with Crippen LogP contribution in [0.4, 0.5) is 10.8 Å². The largest absolute Gasteiger partial charge is 0.494 e. The minimum Gasteiger partial charge on any atom is -0.494 e. The van der Waals surface area contributed by atoms with E-state index in [-0.39, 0.29) is 10.8 Å². The molecule has 0 saturated heterocycles. The predicted octanol–water partition coefficient (Wildman–Crippen LogP) is 5.65. The minimum atomic E-state index is -3.69. The molecule has 174 valence electrons. The second-order valence-electron chi connectivity index (χ2n) is 7.36. The van der Waals surface area contributed by atoms with E-state index in [0.29, 0.717) is 23.0 Å². The average molecular weight is 494 g/mol. The molecule has 0 radical (unpaired) electrons. The van der Waals surface area contributed by atoms with Crippen LogP contribution in [-0.2, 0) is 10.0 Å². The van der Waals surface area contributed by atoms with E-state index in [1.165, 1.54) is 23.5 Å². The molecule has 0 aliphatic heterocycles. The molecule has 2 N–H and O–H groups in total. The number of nitrogens with one attached hydrogen (secondary N) is 2. The van der Waals surface area contributed by atoms with Crippen molar-refractivity contribution in [3.8, 4) is 17.0 Å². The number of hydrogen-bond donors (Lipinski definition) is 2. The molecule has 0 bridgehead atoms. The van der Waals surface area contributed by atoms with Crippen LogP contribution in [0.15, 0.2) is 89.1 Å². The molecule has 9 heteroatoms. The first-order valence-electron chi connectivity index (χ1n) is 10.6. The number of amides is 1. The van der Waals surface area contributed by atoms with Crippen molar-refractivity contribution in [2.75, 3.05) is 16.6 Å². The van der Waals surface area contributed by atoms with E-state index in [1.54, 1.807) is 42.5 Å². The smallest absolute Gasteiger partial charge is 0.261 e. The number of carbonyl (C=O) groups excluding carboxylic acids is 1. The van der Waals surface area contributed by atoms with Gasteiger partial charge in [0.2, 0.25) is 0 Å². The van der Waals surface area contributed by atoms with Gasteiger partial charge in [-0.3, -0.25) is 14.8 Å². The summed E-state index contributed by atoms with van der Waals surface area (Å²) in [6.07, 6.45) is 0.947. The van der Waals surface area contributed by atoms with Crippen LogP contribution >= 0.6 is 11.3 Å². The van der Waals surface area contributed by atoms with Gasteiger partial charge in [-0.2, -0.15) is 0 Å². The van der Waals surface area contributed by atoms with Crippen molar-refractivity contribution in [1.82, 2.24) is 4.98 Å². The van der Waals surface area contributed by atoms with E-state index in [1.807, 2.05) is 29.6 Å². The third-order valence-corrected chi connectivity index (χ3v) is 6.96. The van der Waals surface area contributed by atoms with Gasteiger partial charge in [0.1, 0.15) is 5.75 Å². The van der Waals surface area contributed by atoms with Crippen molar-refractivity contribution in [1.29, 1.82) is 0 Å². The molecule has 34 heavy (non-hydrogen) atoms. The Kier molecular flexibility index (Phi) is 7.24. The Labute approximate surface area is 202 Å². The van der Waals surface area contributed by atoms with Gasteiger partial charge >= 0.3 is 0 Å². The van der Waals surface area contributed by atoms with E-state index < -0.39 is 10.0 Å². The second-order valence-corrected chi connectivity index (χ2v) is 9.90. The van der Waals surface area contributed by atoms with Crippen LogP contribution in [0, 0.1) is 0 Å². The summed E-state index contributed by atoms with van der Waals surface area (Å²) < 4.78 is 33.0. The summed E-state index contributed by atoms with van der Waals surface area (Å²) in [5.74, 6) is 0.477. The Balaban J connectivity index is 1.38. The summed E-state index contributed by atoms with van der Waals surface area (Å²) in [5.41, 5.74) is 2.43. The van der Waals surface area contributed by atoms with E-state index in [2.05, 4.69) is 21.9 Å². The Bertz CT molecular complexity index is 1350. The molecule has 4 aromatic rings. The lowest BCUT2D eigenvalue weighted by Gasteiger charge is -2.08. The van der Waals surface area contributed by atoms with Gasteiger partial charge < -0.3 is 4.74 Å². The lowest BCUT2D eigenvalue weighted by molar-refractivity contribution is 0.102. The molecule has 7 nitrogen and oxygen atoms in total. The fourth-order valence-electron chi connectivity index (χ4n) is 3.08. The van der Waals surface area contributed by atoms with Crippen LogP contribution in [0.3, 0.4) is 0 Å². The lowest BCUT2D eigenvalue weighted by Crippen LogP contribution is -2.14. The number of nitrogens with zero attached hydrogens (tertiary/aromatic N) is 1. The lowest BCUT2D eigenvalue weighted by atomic mass is 10.2. The van der Waals surface area contributed by atoms with Crippen LogP contribution in [0.2, 0.25) is 0 Å². The number of anilines is 2. The van der Waals surface area contributed by atoms with Gasteiger partial charge in [-0.05, 0) is 67.1 Å². The summed E-state index contributed by atoms with van der Waals surface area (Å²) in [6.45, 7) is 2.73. The fourth-order valence-corrected chi connectivity index (χ4v) is 4.87. The zero-order valence-corrected chi connectivity index (χ0v) is 20.0. The van der Waals surface area contributed by atoms with Crippen molar-refractivity contribution >= 4 is 38.1 Å². The van der Waals surface area contributed by atoms with Crippen LogP contribution in [0.5, 0.6) is 5.75 Å². The van der Waals surface area contributed by atoms with E-state index >= 15 is 0 Å². The van der Waals surface area contributed by atoms with Crippen molar-refractivity contribution < 1.29 is 17.9 Å². The van der Waals surface area contributed by atoms with Crippen molar-refractivity contribution in [3.63, 3.8) is 0 Å². The highest BCUT2D eigenvalue weighted by molar-refractivity contribution is 7.92. The summed E-state index contributed by atoms with van der Waals surface area (Å²) in [5, 5.41) is 5.13. The molecule has 0 saturated carbocycles. The Hall–Kier alpha value is -3.69. The highest BCUT2D eigenvalue weighted by Gasteiger charge is 2.14. The first-order valence-corrected chi connectivity index (χ1v) is 13.0. The molecule has 1 heterocycles. The van der Waals surface area contributed by atoms with Gasteiger partial charge in [0.15, 0.2) is 5.13 Å². The third kappa shape index (κ3) is 5.81. The van der Waals surface area contributed by atoms with E-state index in [4.69, 9.17) is 4.74 Å². The molecular formula is C25H23N3O4S2. The zero-order valence-electron chi connectivity index (χ0n) is 18.4. The highest BCUT2D eigenvalue weighted by Crippen LogP contribution is 2.27. The van der Waals surface area contributed by atoms with Gasteiger partial charge in [0.25, 0.3) is 15.9 Å². The molecule has 0 spiro atoms. The Morgan fingerprint density at radius 1 is 0.971 bits per heavy atom. The van der Waals surface area contributed by atoms with Gasteiger partial charge in [-0.15, -0.1) is 11.3 Å². The summed E-state index contributed by atoms with van der Waals surface area (Å²) in [7, 11) is -3.69. The van der Waals surface area contributed by atoms with Crippen LogP contribution in [0.1, 0.15) is 23.7 Å². The van der Waals surface area contributed by atoms with Crippen LogP contribution in [-0.4, -0.2) is 25.9 Å². The molecule has 0 fully saturated rings. The second kappa shape index (κ2) is 10.5. The van der Waals surface area contributed by atoms with Crippen molar-refractivity contribution in [3.05, 3.63) is 89.8 Å². The summed E-state index contributed by atoms with van der Waals surface area (Å²) >= 11 is 1.33. The van der Waals surface area contributed by atoms with Gasteiger partial charge in [-0.1, -0.05) is 25.1 Å². The maximum Gasteiger partial charge on any atom is 0.261 e. The van der Waals surface area contributed by atoms with Gasteiger partial charge in [-0.25, -0.2) is 13.4 Å². The van der Waals surface area contributed by atoms with E-state index in [0.717, 1.165) is 23.4 Å². The number of benzene rings is 3. The molecule has 0 aliphatic carbocycles. The Morgan fingerprint density at radius 3 is 2.35 bits per heavy atom. The Morgan fingerprint density at radius 2 is 1.68 bits per heavy atom. The van der Waals surface area contributed by atoms with Crippen LogP contribution < -0.4 is 14.8 Å². The van der Waals surface area contributed by atoms with E-state index in [9.17, 15) is 13.2 Å². The average Bonchev–Trinajstić information content (AvgIpc) is 3.32. The number of ether oxygens (including phenoxy) is 1. The quantitative estimate of drug-likeness (QED) is 0.314. The van der Waals surface area contributed by atoms with Crippen molar-refractivity contribution in [2.24, 2.45) is 0 Å². The number of aromatic nitrogens is 1. The summed E-state index contributed by atoms with van der Waals surface area (Å²) in [4.78, 5) is 17.3. The molecule has 0 unspecified atom stereocenters. The van der Waals surface area contributed by atoms with Crippen LogP contribution in [0.25, 0.3) is 11.3 Å². The first-order chi connectivity index (χ1) is 16.4. The normalized spacial score (nSPS) is 11.1. The monoisotopic (exact) mass is 493 g/mol. The third-order valence-electron chi connectivity index (χ3n) is 4.80. The standard InChI is InChI=1S/C25H23N3O4S2/c1-2-16-32-21-14-10-18(11-15-21)23-17-33-25(26-23)27-24(29)19-8-12-20(13-9-19)28-34(30,31)22-6-4-3-5-7-22/h3-15,17,28H,2,16H2,1H3,(H,26,27,29). The number of thiazole rings is 1. The maximum atomic E-state index is 12.6. The molecule has 0 atom stereocenters. The maximum absolute atomic E-state index is 12.6. The molecule has 3 aromatic carbocycles. The summed E-state index contributed by atoms with van der Waals surface area (Å²) in [6, 6.07) is 22.0. The first kappa shape index (κ1) is 23.5. The number of carbonyl (C=O) groups is 1. The zero-order chi connectivity index (χ0) is 24.0.